The molecule has 0 saturated carbocycles. The molecule has 0 aliphatic rings. The van der Waals surface area contributed by atoms with Crippen LogP contribution in [0, 0.1) is 0 Å². The molecule has 0 aliphatic heterocycles. The number of nitrogens with one attached hydrogen (secondary N) is 1. The van der Waals surface area contributed by atoms with Crippen molar-refractivity contribution in [3.05, 3.63) is 40.8 Å². The van der Waals surface area contributed by atoms with Crippen LogP contribution in [0.2, 0.25) is 0 Å². The summed E-state index contributed by atoms with van der Waals surface area (Å²) in [6, 6.07) is 6.81. The van der Waals surface area contributed by atoms with E-state index >= 15 is 0 Å². The number of carbonyl (C=O) groups is 1. The SMILES string of the molecule is CS(=O)(=O)NC(=O)Cn1ncc2ccccc2c1=O. The van der Waals surface area contributed by atoms with Crippen molar-refractivity contribution >= 4 is 26.7 Å². The van der Waals surface area contributed by atoms with Gasteiger partial charge in [0.05, 0.1) is 17.8 Å². The molecule has 19 heavy (non-hydrogen) atoms. The Labute approximate surface area is 108 Å². The number of sulfonamides is 1. The summed E-state index contributed by atoms with van der Waals surface area (Å²) in [5.41, 5.74) is -0.443. The number of amides is 1. The molecule has 0 bridgehead atoms. The van der Waals surface area contributed by atoms with Gasteiger partial charge in [0.25, 0.3) is 11.5 Å². The molecule has 100 valence electrons. The van der Waals surface area contributed by atoms with E-state index in [1.165, 1.54) is 6.20 Å². The van der Waals surface area contributed by atoms with Crippen molar-refractivity contribution in [3.63, 3.8) is 0 Å². The predicted molar refractivity (Wildman–Crippen MR) is 69.0 cm³/mol. The summed E-state index contributed by atoms with van der Waals surface area (Å²) in [6.45, 7) is -0.448. The zero-order valence-corrected chi connectivity index (χ0v) is 10.8. The number of aromatic nitrogens is 2. The van der Waals surface area contributed by atoms with Crippen molar-refractivity contribution < 1.29 is 13.2 Å². The molecule has 0 atom stereocenters. The van der Waals surface area contributed by atoms with Gasteiger partial charge in [-0.2, -0.15) is 5.10 Å². The molecule has 0 spiro atoms. The Bertz CT molecular complexity index is 795. The Morgan fingerprint density at radius 2 is 2.05 bits per heavy atom. The topological polar surface area (TPSA) is 98.1 Å². The monoisotopic (exact) mass is 281 g/mol. The maximum Gasteiger partial charge on any atom is 0.275 e. The maximum atomic E-state index is 12.0. The molecular weight excluding hydrogens is 270 g/mol. The van der Waals surface area contributed by atoms with Gasteiger partial charge in [0.1, 0.15) is 6.54 Å². The quantitative estimate of drug-likeness (QED) is 0.815. The van der Waals surface area contributed by atoms with Gasteiger partial charge in [-0.25, -0.2) is 13.1 Å². The molecule has 1 amide bonds. The minimum atomic E-state index is -3.64. The molecule has 0 aliphatic carbocycles. The fourth-order valence-corrected chi connectivity index (χ4v) is 2.09. The van der Waals surface area contributed by atoms with Crippen LogP contribution in [0.3, 0.4) is 0 Å². The highest BCUT2D eigenvalue weighted by molar-refractivity contribution is 7.89. The molecule has 0 fully saturated rings. The van der Waals surface area contributed by atoms with Crippen molar-refractivity contribution in [2.24, 2.45) is 0 Å². The highest BCUT2D eigenvalue weighted by atomic mass is 32.2. The lowest BCUT2D eigenvalue weighted by atomic mass is 10.2. The first kappa shape index (κ1) is 13.2. The molecular formula is C11H11N3O4S. The van der Waals surface area contributed by atoms with Crippen molar-refractivity contribution in [2.45, 2.75) is 6.54 Å². The smallest absolute Gasteiger partial charge is 0.272 e. The summed E-state index contributed by atoms with van der Waals surface area (Å²) in [6.07, 6.45) is 2.31. The van der Waals surface area contributed by atoms with Crippen LogP contribution in [0.25, 0.3) is 10.8 Å². The number of fused-ring (bicyclic) bond motifs is 1. The Morgan fingerprint density at radius 3 is 2.74 bits per heavy atom. The Balaban J connectivity index is 2.34. The molecule has 2 rings (SSSR count). The van der Waals surface area contributed by atoms with Gasteiger partial charge >= 0.3 is 0 Å². The number of hydrogen-bond donors (Lipinski definition) is 1. The number of benzene rings is 1. The van der Waals surface area contributed by atoms with E-state index in [1.54, 1.807) is 29.0 Å². The highest BCUT2D eigenvalue weighted by Gasteiger charge is 2.11. The van der Waals surface area contributed by atoms with Gasteiger partial charge in [0.2, 0.25) is 10.0 Å². The van der Waals surface area contributed by atoms with E-state index in [0.29, 0.717) is 10.8 Å². The fraction of sp³-hybridized carbons (Fsp3) is 0.182. The fourth-order valence-electron chi connectivity index (χ4n) is 1.62. The highest BCUT2D eigenvalue weighted by Crippen LogP contribution is 2.06. The minimum absolute atomic E-state index is 0.421. The lowest BCUT2D eigenvalue weighted by molar-refractivity contribution is -0.120. The van der Waals surface area contributed by atoms with Crippen LogP contribution < -0.4 is 10.3 Å². The van der Waals surface area contributed by atoms with Gasteiger partial charge in [0, 0.05) is 5.39 Å². The molecule has 2 aromatic rings. The van der Waals surface area contributed by atoms with E-state index in [4.69, 9.17) is 0 Å². The van der Waals surface area contributed by atoms with Crippen molar-refractivity contribution in [1.29, 1.82) is 0 Å². The van der Waals surface area contributed by atoms with Crippen molar-refractivity contribution in [3.8, 4) is 0 Å². The third-order valence-corrected chi connectivity index (χ3v) is 2.95. The molecule has 1 aromatic heterocycles. The van der Waals surface area contributed by atoms with Crippen LogP contribution in [-0.4, -0.2) is 30.4 Å². The van der Waals surface area contributed by atoms with Crippen LogP contribution in [0.5, 0.6) is 0 Å². The first-order valence-electron chi connectivity index (χ1n) is 5.32. The van der Waals surface area contributed by atoms with Gasteiger partial charge in [-0.3, -0.25) is 14.3 Å². The molecule has 1 aromatic carbocycles. The third kappa shape index (κ3) is 3.16. The van der Waals surface area contributed by atoms with Crippen LogP contribution in [0.15, 0.2) is 35.3 Å². The van der Waals surface area contributed by atoms with Gasteiger partial charge in [-0.1, -0.05) is 18.2 Å². The summed E-state index contributed by atoms with van der Waals surface area (Å²) in [5, 5.41) is 4.91. The minimum Gasteiger partial charge on any atom is -0.272 e. The second-order valence-corrected chi connectivity index (χ2v) is 5.74. The predicted octanol–water partition coefficient (Wildman–Crippen LogP) is -0.528. The number of rotatable bonds is 3. The van der Waals surface area contributed by atoms with E-state index < -0.39 is 28.0 Å². The molecule has 0 unspecified atom stereocenters. The lowest BCUT2D eigenvalue weighted by Crippen LogP contribution is -2.36. The number of nitrogens with zero attached hydrogens (tertiary/aromatic N) is 2. The van der Waals surface area contributed by atoms with Gasteiger partial charge in [0.15, 0.2) is 0 Å². The molecule has 7 nitrogen and oxygen atoms in total. The summed E-state index contributed by atoms with van der Waals surface area (Å²) in [5.74, 6) is -0.813. The lowest BCUT2D eigenvalue weighted by Gasteiger charge is -2.05. The van der Waals surface area contributed by atoms with E-state index in [2.05, 4.69) is 5.10 Å². The first-order chi connectivity index (χ1) is 8.87. The molecule has 1 heterocycles. The molecule has 0 saturated heterocycles. The van der Waals surface area contributed by atoms with E-state index in [-0.39, 0.29) is 0 Å². The zero-order valence-electron chi connectivity index (χ0n) is 10.0. The maximum absolute atomic E-state index is 12.0. The normalized spacial score (nSPS) is 11.4. The summed E-state index contributed by atoms with van der Waals surface area (Å²) in [4.78, 5) is 23.4. The average Bonchev–Trinajstić information content (AvgIpc) is 2.31. The second kappa shape index (κ2) is 4.81. The second-order valence-electron chi connectivity index (χ2n) is 3.99. The largest absolute Gasteiger partial charge is 0.275 e. The van der Waals surface area contributed by atoms with Gasteiger partial charge in [-0.15, -0.1) is 0 Å². The third-order valence-electron chi connectivity index (χ3n) is 2.35. The van der Waals surface area contributed by atoms with Crippen molar-refractivity contribution in [2.75, 3.05) is 6.26 Å². The van der Waals surface area contributed by atoms with E-state index in [9.17, 15) is 18.0 Å². The molecule has 1 N–H and O–H groups in total. The van der Waals surface area contributed by atoms with Gasteiger partial charge in [-0.05, 0) is 6.07 Å². The Morgan fingerprint density at radius 1 is 1.37 bits per heavy atom. The van der Waals surface area contributed by atoms with Crippen LogP contribution in [0.1, 0.15) is 0 Å². The van der Waals surface area contributed by atoms with E-state index in [0.717, 1.165) is 10.9 Å². The van der Waals surface area contributed by atoms with Crippen LogP contribution >= 0.6 is 0 Å². The van der Waals surface area contributed by atoms with Crippen LogP contribution in [0.4, 0.5) is 0 Å². The first-order valence-corrected chi connectivity index (χ1v) is 7.21. The summed E-state index contributed by atoms with van der Waals surface area (Å²) >= 11 is 0. The number of carbonyl (C=O) groups excluding carboxylic acids is 1. The van der Waals surface area contributed by atoms with Gasteiger partial charge < -0.3 is 0 Å². The Kier molecular flexibility index (Phi) is 3.34. The van der Waals surface area contributed by atoms with Crippen LogP contribution in [-0.2, 0) is 21.4 Å². The van der Waals surface area contributed by atoms with Crippen molar-refractivity contribution in [1.82, 2.24) is 14.5 Å². The van der Waals surface area contributed by atoms with E-state index in [1.807, 2.05) is 0 Å². The summed E-state index contributed by atoms with van der Waals surface area (Å²) in [7, 11) is -3.64. The number of hydrogen-bond acceptors (Lipinski definition) is 5. The average molecular weight is 281 g/mol. The zero-order chi connectivity index (χ0) is 14.0. The standard InChI is InChI=1S/C11H11N3O4S/c1-19(17,18)13-10(15)7-14-11(16)9-5-3-2-4-8(9)6-12-14/h2-6H,7H2,1H3,(H,13,15). The Hall–Kier alpha value is -2.22. The summed E-state index contributed by atoms with van der Waals surface area (Å²) < 4.78 is 24.5. The molecule has 8 heteroatoms. The molecule has 0 radical (unpaired) electrons.